The molecule has 0 aliphatic carbocycles. The van der Waals surface area contributed by atoms with E-state index in [4.69, 9.17) is 5.73 Å². The van der Waals surface area contributed by atoms with Gasteiger partial charge in [-0.05, 0) is 25.9 Å². The lowest BCUT2D eigenvalue weighted by Gasteiger charge is -2.27. The van der Waals surface area contributed by atoms with Gasteiger partial charge >= 0.3 is 0 Å². The van der Waals surface area contributed by atoms with Crippen LogP contribution in [0.2, 0.25) is 0 Å². The molecule has 0 atom stereocenters. The standard InChI is InChI=1S/C10H18N4/c11-3-1-2-5-13-7-8-14-6-4-12-10(14)9-13/h4,6H,1-3,5,7-9,11H2. The smallest absolute Gasteiger partial charge is 0.122 e. The predicted molar refractivity (Wildman–Crippen MR) is 55.8 cm³/mol. The molecule has 1 aromatic rings. The lowest BCUT2D eigenvalue weighted by Crippen LogP contribution is -2.34. The summed E-state index contributed by atoms with van der Waals surface area (Å²) < 4.78 is 2.24. The summed E-state index contributed by atoms with van der Waals surface area (Å²) in [6.45, 7) is 5.19. The van der Waals surface area contributed by atoms with Crippen LogP contribution in [0.15, 0.2) is 12.4 Å². The van der Waals surface area contributed by atoms with E-state index in [1.165, 1.54) is 12.2 Å². The molecule has 0 fully saturated rings. The Labute approximate surface area is 84.7 Å². The minimum absolute atomic E-state index is 0.808. The zero-order valence-corrected chi connectivity index (χ0v) is 8.52. The second-order valence-corrected chi connectivity index (χ2v) is 3.81. The summed E-state index contributed by atoms with van der Waals surface area (Å²) >= 11 is 0. The number of unbranched alkanes of at least 4 members (excludes halogenated alkanes) is 1. The second kappa shape index (κ2) is 4.57. The Kier molecular flexibility index (Phi) is 3.16. The van der Waals surface area contributed by atoms with Gasteiger partial charge in [0, 0.05) is 25.5 Å². The van der Waals surface area contributed by atoms with Gasteiger partial charge in [-0.1, -0.05) is 0 Å². The molecular formula is C10H18N4. The lowest BCUT2D eigenvalue weighted by molar-refractivity contribution is 0.213. The van der Waals surface area contributed by atoms with Gasteiger partial charge in [-0.25, -0.2) is 4.98 Å². The molecule has 2 N–H and O–H groups in total. The van der Waals surface area contributed by atoms with Crippen LogP contribution >= 0.6 is 0 Å². The maximum atomic E-state index is 5.47. The molecule has 0 spiro atoms. The zero-order chi connectivity index (χ0) is 9.80. The third-order valence-corrected chi connectivity index (χ3v) is 2.75. The van der Waals surface area contributed by atoms with E-state index >= 15 is 0 Å². The molecule has 0 bridgehead atoms. The minimum Gasteiger partial charge on any atom is -0.333 e. The molecule has 14 heavy (non-hydrogen) atoms. The van der Waals surface area contributed by atoms with E-state index in [-0.39, 0.29) is 0 Å². The number of fused-ring (bicyclic) bond motifs is 1. The first-order valence-corrected chi connectivity index (χ1v) is 5.32. The van der Waals surface area contributed by atoms with Crippen molar-refractivity contribution in [3.05, 3.63) is 18.2 Å². The first-order chi connectivity index (χ1) is 6.90. The van der Waals surface area contributed by atoms with Gasteiger partial charge in [-0.2, -0.15) is 0 Å². The third kappa shape index (κ3) is 2.13. The van der Waals surface area contributed by atoms with Gasteiger partial charge in [0.1, 0.15) is 5.82 Å². The molecule has 0 saturated heterocycles. The van der Waals surface area contributed by atoms with Crippen molar-refractivity contribution in [2.45, 2.75) is 25.9 Å². The van der Waals surface area contributed by atoms with E-state index in [9.17, 15) is 0 Å². The summed E-state index contributed by atoms with van der Waals surface area (Å²) in [5.74, 6) is 1.20. The minimum atomic E-state index is 0.808. The Morgan fingerprint density at radius 2 is 2.29 bits per heavy atom. The van der Waals surface area contributed by atoms with Crippen molar-refractivity contribution < 1.29 is 0 Å². The zero-order valence-electron chi connectivity index (χ0n) is 8.52. The van der Waals surface area contributed by atoms with Gasteiger partial charge < -0.3 is 10.3 Å². The fourth-order valence-electron chi connectivity index (χ4n) is 1.89. The van der Waals surface area contributed by atoms with Gasteiger partial charge in [0.05, 0.1) is 6.54 Å². The highest BCUT2D eigenvalue weighted by Crippen LogP contribution is 2.10. The van der Waals surface area contributed by atoms with Gasteiger partial charge in [0.2, 0.25) is 0 Å². The molecule has 0 saturated carbocycles. The van der Waals surface area contributed by atoms with Crippen LogP contribution < -0.4 is 5.73 Å². The van der Waals surface area contributed by atoms with Crippen LogP contribution in [0.4, 0.5) is 0 Å². The van der Waals surface area contributed by atoms with Gasteiger partial charge in [0.15, 0.2) is 0 Å². The van der Waals surface area contributed by atoms with E-state index in [0.717, 1.165) is 39.1 Å². The van der Waals surface area contributed by atoms with Crippen molar-refractivity contribution in [2.75, 3.05) is 19.6 Å². The van der Waals surface area contributed by atoms with E-state index in [1.807, 2.05) is 6.20 Å². The van der Waals surface area contributed by atoms with Crippen molar-refractivity contribution in [1.82, 2.24) is 14.5 Å². The van der Waals surface area contributed by atoms with Crippen molar-refractivity contribution in [3.63, 3.8) is 0 Å². The van der Waals surface area contributed by atoms with Gasteiger partial charge in [0.25, 0.3) is 0 Å². The number of hydrogen-bond donors (Lipinski definition) is 1. The molecule has 2 heterocycles. The van der Waals surface area contributed by atoms with Crippen LogP contribution in [-0.2, 0) is 13.1 Å². The average molecular weight is 194 g/mol. The molecule has 2 rings (SSSR count). The maximum Gasteiger partial charge on any atom is 0.122 e. The summed E-state index contributed by atoms with van der Waals surface area (Å²) in [6.07, 6.45) is 6.29. The van der Waals surface area contributed by atoms with Crippen LogP contribution in [-0.4, -0.2) is 34.1 Å². The maximum absolute atomic E-state index is 5.47. The van der Waals surface area contributed by atoms with Crippen molar-refractivity contribution in [2.24, 2.45) is 5.73 Å². The fourth-order valence-corrected chi connectivity index (χ4v) is 1.89. The monoisotopic (exact) mass is 194 g/mol. The topological polar surface area (TPSA) is 47.1 Å². The predicted octanol–water partition coefficient (Wildman–Crippen LogP) is 0.438. The van der Waals surface area contributed by atoms with Crippen molar-refractivity contribution in [1.29, 1.82) is 0 Å². The number of nitrogens with two attached hydrogens (primary N) is 1. The van der Waals surface area contributed by atoms with Crippen LogP contribution in [0.5, 0.6) is 0 Å². The molecule has 78 valence electrons. The van der Waals surface area contributed by atoms with Crippen LogP contribution in [0.3, 0.4) is 0 Å². The second-order valence-electron chi connectivity index (χ2n) is 3.81. The van der Waals surface area contributed by atoms with Crippen LogP contribution in [0.25, 0.3) is 0 Å². The molecule has 1 aliphatic rings. The molecule has 4 nitrogen and oxygen atoms in total. The number of nitrogens with zero attached hydrogens (tertiary/aromatic N) is 3. The van der Waals surface area contributed by atoms with Crippen molar-refractivity contribution in [3.8, 4) is 0 Å². The Morgan fingerprint density at radius 3 is 3.14 bits per heavy atom. The number of rotatable bonds is 4. The van der Waals surface area contributed by atoms with E-state index in [0.29, 0.717) is 0 Å². The molecule has 4 heteroatoms. The highest BCUT2D eigenvalue weighted by molar-refractivity contribution is 4.95. The molecule has 0 unspecified atom stereocenters. The van der Waals surface area contributed by atoms with Crippen LogP contribution in [0, 0.1) is 0 Å². The summed E-state index contributed by atoms with van der Waals surface area (Å²) in [5, 5.41) is 0. The number of hydrogen-bond acceptors (Lipinski definition) is 3. The number of aromatic nitrogens is 2. The summed E-state index contributed by atoms with van der Waals surface area (Å²) in [5.41, 5.74) is 5.47. The van der Waals surface area contributed by atoms with Crippen LogP contribution in [0.1, 0.15) is 18.7 Å². The SMILES string of the molecule is NCCCCN1CCn2ccnc2C1. The first-order valence-electron chi connectivity index (χ1n) is 5.32. The molecule has 0 radical (unpaired) electrons. The number of imidazole rings is 1. The molecule has 0 aromatic carbocycles. The van der Waals surface area contributed by atoms with Gasteiger partial charge in [-0.3, -0.25) is 4.90 Å². The fraction of sp³-hybridized carbons (Fsp3) is 0.700. The normalized spacial score (nSPS) is 16.9. The van der Waals surface area contributed by atoms with Gasteiger partial charge in [-0.15, -0.1) is 0 Å². The van der Waals surface area contributed by atoms with E-state index < -0.39 is 0 Å². The highest BCUT2D eigenvalue weighted by atomic mass is 15.2. The summed E-state index contributed by atoms with van der Waals surface area (Å²) in [7, 11) is 0. The molecular weight excluding hydrogens is 176 g/mol. The lowest BCUT2D eigenvalue weighted by atomic mass is 10.2. The van der Waals surface area contributed by atoms with Crippen molar-refractivity contribution >= 4 is 0 Å². The summed E-state index contributed by atoms with van der Waals surface area (Å²) in [4.78, 5) is 6.79. The Hall–Kier alpha value is -0.870. The summed E-state index contributed by atoms with van der Waals surface area (Å²) in [6, 6.07) is 0. The quantitative estimate of drug-likeness (QED) is 0.707. The molecule has 0 amide bonds. The average Bonchev–Trinajstić information content (AvgIpc) is 2.65. The van der Waals surface area contributed by atoms with E-state index in [2.05, 4.69) is 20.6 Å². The Balaban J connectivity index is 1.82. The Morgan fingerprint density at radius 1 is 1.36 bits per heavy atom. The third-order valence-electron chi connectivity index (χ3n) is 2.75. The molecule has 1 aliphatic heterocycles. The highest BCUT2D eigenvalue weighted by Gasteiger charge is 2.15. The first kappa shape index (κ1) is 9.68. The van der Waals surface area contributed by atoms with E-state index in [1.54, 1.807) is 0 Å². The largest absolute Gasteiger partial charge is 0.333 e. The Bertz CT molecular complexity index is 281. The molecule has 1 aromatic heterocycles.